The van der Waals surface area contributed by atoms with Gasteiger partial charge in [0.1, 0.15) is 0 Å². The van der Waals surface area contributed by atoms with Crippen molar-refractivity contribution >= 4 is 0 Å². The lowest BCUT2D eigenvalue weighted by molar-refractivity contribution is 0.238. The first-order chi connectivity index (χ1) is 5.85. The normalized spacial score (nSPS) is 13.2. The molecule has 0 radical (unpaired) electrons. The maximum atomic E-state index is 8.87. The number of unbranched alkanes of at least 4 members (excludes halogenated alkanes) is 3. The summed E-state index contributed by atoms with van der Waals surface area (Å²) in [5.41, 5.74) is 0. The maximum Gasteiger partial charge on any atom is 0.0584 e. The van der Waals surface area contributed by atoms with Crippen molar-refractivity contribution in [1.29, 1.82) is 0 Å². The summed E-state index contributed by atoms with van der Waals surface area (Å²) in [6, 6.07) is 0.312. The zero-order chi connectivity index (χ0) is 9.23. The first-order valence-electron chi connectivity index (χ1n) is 5.19. The Morgan fingerprint density at radius 3 is 2.42 bits per heavy atom. The molecule has 74 valence electrons. The molecule has 0 fully saturated rings. The lowest BCUT2D eigenvalue weighted by Gasteiger charge is -2.13. The Bertz CT molecular complexity index is 81.9. The van der Waals surface area contributed by atoms with Crippen LogP contribution in [0.25, 0.3) is 0 Å². The predicted octanol–water partition coefficient (Wildman–Crippen LogP) is 1.93. The van der Waals surface area contributed by atoms with E-state index in [2.05, 4.69) is 19.2 Å². The van der Waals surface area contributed by atoms with Crippen LogP contribution in [0, 0.1) is 0 Å². The van der Waals surface area contributed by atoms with Gasteiger partial charge in [-0.05, 0) is 19.4 Å². The second kappa shape index (κ2) is 9.01. The van der Waals surface area contributed by atoms with Gasteiger partial charge in [0.2, 0.25) is 0 Å². The summed E-state index contributed by atoms with van der Waals surface area (Å²) in [5.74, 6) is 0. The monoisotopic (exact) mass is 173 g/mol. The van der Waals surface area contributed by atoms with Crippen LogP contribution < -0.4 is 5.32 Å². The number of hydrogen-bond acceptors (Lipinski definition) is 2. The highest BCUT2D eigenvalue weighted by Gasteiger charge is 2.00. The lowest BCUT2D eigenvalue weighted by Crippen LogP contribution is -2.32. The molecule has 0 aliphatic rings. The molecule has 0 saturated carbocycles. The second-order valence-electron chi connectivity index (χ2n) is 3.30. The number of nitrogens with one attached hydrogen (secondary N) is 1. The third-order valence-electron chi connectivity index (χ3n) is 2.18. The molecular formula is C10H23NO. The van der Waals surface area contributed by atoms with E-state index < -0.39 is 0 Å². The molecule has 2 heteroatoms. The Kier molecular flexibility index (Phi) is 8.95. The van der Waals surface area contributed by atoms with Gasteiger partial charge in [0.25, 0.3) is 0 Å². The van der Waals surface area contributed by atoms with Gasteiger partial charge >= 0.3 is 0 Å². The van der Waals surface area contributed by atoms with Gasteiger partial charge in [-0.3, -0.25) is 0 Å². The van der Waals surface area contributed by atoms with E-state index in [1.807, 2.05) is 0 Å². The molecule has 0 bridgehead atoms. The smallest absolute Gasteiger partial charge is 0.0584 e. The predicted molar refractivity (Wildman–Crippen MR) is 53.3 cm³/mol. The van der Waals surface area contributed by atoms with Gasteiger partial charge in [-0.15, -0.1) is 0 Å². The van der Waals surface area contributed by atoms with Gasteiger partial charge in [-0.25, -0.2) is 0 Å². The molecule has 0 heterocycles. The molecule has 0 rings (SSSR count). The number of hydrogen-bond donors (Lipinski definition) is 2. The van der Waals surface area contributed by atoms with E-state index in [0.717, 1.165) is 13.0 Å². The van der Waals surface area contributed by atoms with Crippen molar-refractivity contribution in [2.24, 2.45) is 0 Å². The van der Waals surface area contributed by atoms with Crippen LogP contribution >= 0.6 is 0 Å². The van der Waals surface area contributed by atoms with Crippen molar-refractivity contribution in [2.75, 3.05) is 13.2 Å². The fourth-order valence-electron chi connectivity index (χ4n) is 1.20. The van der Waals surface area contributed by atoms with Crippen LogP contribution in [0.2, 0.25) is 0 Å². The second-order valence-corrected chi connectivity index (χ2v) is 3.30. The van der Waals surface area contributed by atoms with Crippen LogP contribution in [0.1, 0.15) is 46.0 Å². The third-order valence-corrected chi connectivity index (χ3v) is 2.18. The highest BCUT2D eigenvalue weighted by molar-refractivity contribution is 4.62. The Morgan fingerprint density at radius 2 is 1.92 bits per heavy atom. The van der Waals surface area contributed by atoms with E-state index in [-0.39, 0.29) is 6.61 Å². The van der Waals surface area contributed by atoms with Crippen LogP contribution in [0.3, 0.4) is 0 Å². The zero-order valence-electron chi connectivity index (χ0n) is 8.47. The molecule has 2 nitrogen and oxygen atoms in total. The molecule has 0 aliphatic heterocycles. The molecule has 0 aromatic heterocycles. The van der Waals surface area contributed by atoms with E-state index in [1.165, 1.54) is 25.7 Å². The summed E-state index contributed by atoms with van der Waals surface area (Å²) in [7, 11) is 0. The average Bonchev–Trinajstić information content (AvgIpc) is 2.11. The summed E-state index contributed by atoms with van der Waals surface area (Å²) in [5, 5.41) is 12.2. The largest absolute Gasteiger partial charge is 0.395 e. The molecular weight excluding hydrogens is 150 g/mol. The quantitative estimate of drug-likeness (QED) is 0.550. The van der Waals surface area contributed by atoms with Gasteiger partial charge in [-0.1, -0.05) is 33.1 Å². The summed E-state index contributed by atoms with van der Waals surface area (Å²) >= 11 is 0. The third kappa shape index (κ3) is 6.62. The van der Waals surface area contributed by atoms with Crippen LogP contribution in [-0.4, -0.2) is 24.3 Å². The summed E-state index contributed by atoms with van der Waals surface area (Å²) in [6.45, 7) is 5.64. The van der Waals surface area contributed by atoms with Crippen molar-refractivity contribution < 1.29 is 5.11 Å². The minimum absolute atomic E-state index is 0.268. The van der Waals surface area contributed by atoms with E-state index in [9.17, 15) is 0 Å². The topological polar surface area (TPSA) is 32.3 Å². The first kappa shape index (κ1) is 11.9. The number of aliphatic hydroxyl groups is 1. The zero-order valence-corrected chi connectivity index (χ0v) is 8.47. The molecule has 2 N–H and O–H groups in total. The molecule has 0 spiro atoms. The molecule has 0 unspecified atom stereocenters. The molecule has 0 aromatic rings. The van der Waals surface area contributed by atoms with Crippen LogP contribution in [-0.2, 0) is 0 Å². The highest BCUT2D eigenvalue weighted by Crippen LogP contribution is 1.98. The molecule has 1 atom stereocenters. The number of aliphatic hydroxyl groups excluding tert-OH is 1. The van der Waals surface area contributed by atoms with Crippen LogP contribution in [0.4, 0.5) is 0 Å². The fraction of sp³-hybridized carbons (Fsp3) is 1.00. The van der Waals surface area contributed by atoms with E-state index in [1.54, 1.807) is 0 Å². The van der Waals surface area contributed by atoms with Crippen molar-refractivity contribution in [2.45, 2.75) is 52.0 Å². The minimum Gasteiger partial charge on any atom is -0.395 e. The Balaban J connectivity index is 3.06. The number of rotatable bonds is 8. The van der Waals surface area contributed by atoms with Gasteiger partial charge in [0.05, 0.1) is 6.61 Å². The Hall–Kier alpha value is -0.0800. The summed E-state index contributed by atoms with van der Waals surface area (Å²) in [6.07, 6.45) is 6.19. The van der Waals surface area contributed by atoms with Crippen molar-refractivity contribution in [3.63, 3.8) is 0 Å². The van der Waals surface area contributed by atoms with Gasteiger partial charge in [-0.2, -0.15) is 0 Å². The molecule has 0 aliphatic carbocycles. The summed E-state index contributed by atoms with van der Waals surface area (Å²) < 4.78 is 0. The van der Waals surface area contributed by atoms with E-state index in [4.69, 9.17) is 5.11 Å². The van der Waals surface area contributed by atoms with Crippen molar-refractivity contribution in [1.82, 2.24) is 5.32 Å². The first-order valence-corrected chi connectivity index (χ1v) is 5.19. The van der Waals surface area contributed by atoms with Crippen LogP contribution in [0.5, 0.6) is 0 Å². The Labute approximate surface area is 76.4 Å². The summed E-state index contributed by atoms with van der Waals surface area (Å²) in [4.78, 5) is 0. The SMILES string of the molecule is CCCCCCN[C@@H](CC)CO. The molecule has 0 aromatic carbocycles. The molecule has 0 amide bonds. The fourth-order valence-corrected chi connectivity index (χ4v) is 1.20. The van der Waals surface area contributed by atoms with E-state index in [0.29, 0.717) is 6.04 Å². The van der Waals surface area contributed by atoms with Gasteiger partial charge < -0.3 is 10.4 Å². The van der Waals surface area contributed by atoms with Crippen molar-refractivity contribution in [3.8, 4) is 0 Å². The Morgan fingerprint density at radius 1 is 1.17 bits per heavy atom. The minimum atomic E-state index is 0.268. The lowest BCUT2D eigenvalue weighted by atomic mass is 10.2. The van der Waals surface area contributed by atoms with E-state index >= 15 is 0 Å². The maximum absolute atomic E-state index is 8.87. The standard InChI is InChI=1S/C10H23NO/c1-3-5-6-7-8-11-10(4-2)9-12/h10-12H,3-9H2,1-2H3/t10-/m0/s1. The average molecular weight is 173 g/mol. The van der Waals surface area contributed by atoms with Gasteiger partial charge in [0.15, 0.2) is 0 Å². The van der Waals surface area contributed by atoms with Crippen LogP contribution in [0.15, 0.2) is 0 Å². The molecule has 0 saturated heterocycles. The van der Waals surface area contributed by atoms with Gasteiger partial charge in [0, 0.05) is 6.04 Å². The van der Waals surface area contributed by atoms with Crippen molar-refractivity contribution in [3.05, 3.63) is 0 Å². The highest BCUT2D eigenvalue weighted by atomic mass is 16.3. The molecule has 12 heavy (non-hydrogen) atoms.